The first-order valence-electron chi connectivity index (χ1n) is 5.68. The molecular weight excluding hydrogens is 286 g/mol. The number of carbonyl (C=O) groups is 1. The van der Waals surface area contributed by atoms with Gasteiger partial charge in [-0.05, 0) is 22.0 Å². The van der Waals surface area contributed by atoms with Crippen LogP contribution in [0.1, 0.15) is 10.5 Å². The normalized spacial score (nSPS) is 17.0. The molecule has 94 valence electrons. The molecule has 0 aromatic carbocycles. The molecule has 2 N–H and O–H groups in total. The van der Waals surface area contributed by atoms with E-state index in [4.69, 9.17) is 4.74 Å². The Morgan fingerprint density at radius 3 is 2.94 bits per heavy atom. The second kappa shape index (κ2) is 6.18. The summed E-state index contributed by atoms with van der Waals surface area (Å²) in [6.07, 6.45) is 1.75. The first kappa shape index (κ1) is 12.6. The Morgan fingerprint density at radius 2 is 2.29 bits per heavy atom. The molecule has 6 heteroatoms. The summed E-state index contributed by atoms with van der Waals surface area (Å²) in [5.41, 5.74) is 0.582. The minimum Gasteiger partial charge on any atom is -0.379 e. The van der Waals surface area contributed by atoms with Gasteiger partial charge >= 0.3 is 0 Å². The summed E-state index contributed by atoms with van der Waals surface area (Å²) in [6, 6.07) is 1.77. The lowest BCUT2D eigenvalue weighted by Crippen LogP contribution is -2.41. The second-order valence-electron chi connectivity index (χ2n) is 3.94. The van der Waals surface area contributed by atoms with Crippen LogP contribution in [0.15, 0.2) is 16.7 Å². The smallest absolute Gasteiger partial charge is 0.267 e. The van der Waals surface area contributed by atoms with E-state index in [-0.39, 0.29) is 5.91 Å². The molecule has 0 unspecified atom stereocenters. The van der Waals surface area contributed by atoms with Gasteiger partial charge in [-0.2, -0.15) is 0 Å². The summed E-state index contributed by atoms with van der Waals surface area (Å²) < 4.78 is 6.15. The van der Waals surface area contributed by atoms with E-state index in [1.54, 1.807) is 12.3 Å². The van der Waals surface area contributed by atoms with Crippen LogP contribution in [0, 0.1) is 0 Å². The SMILES string of the molecule is O=C(NCCN1CCOCC1)c1cc(Br)c[nH]1. The van der Waals surface area contributed by atoms with E-state index in [9.17, 15) is 4.79 Å². The molecule has 1 amide bonds. The van der Waals surface area contributed by atoms with E-state index < -0.39 is 0 Å². The number of aromatic amines is 1. The molecule has 1 aromatic rings. The quantitative estimate of drug-likeness (QED) is 0.866. The number of nitrogens with one attached hydrogen (secondary N) is 2. The number of ether oxygens (including phenoxy) is 1. The van der Waals surface area contributed by atoms with Gasteiger partial charge in [0.15, 0.2) is 0 Å². The maximum absolute atomic E-state index is 11.7. The third-order valence-electron chi connectivity index (χ3n) is 2.71. The first-order chi connectivity index (χ1) is 8.25. The molecule has 17 heavy (non-hydrogen) atoms. The minimum absolute atomic E-state index is 0.0658. The number of halogens is 1. The van der Waals surface area contributed by atoms with Crippen molar-refractivity contribution in [2.45, 2.75) is 0 Å². The molecule has 0 aliphatic carbocycles. The maximum Gasteiger partial charge on any atom is 0.267 e. The highest BCUT2D eigenvalue weighted by atomic mass is 79.9. The molecule has 1 saturated heterocycles. The number of hydrogen-bond donors (Lipinski definition) is 2. The zero-order valence-corrected chi connectivity index (χ0v) is 11.1. The Balaban J connectivity index is 1.69. The second-order valence-corrected chi connectivity index (χ2v) is 4.86. The molecule has 1 aromatic heterocycles. The molecule has 5 nitrogen and oxygen atoms in total. The lowest BCUT2D eigenvalue weighted by Gasteiger charge is -2.26. The lowest BCUT2D eigenvalue weighted by atomic mass is 10.4. The fraction of sp³-hybridized carbons (Fsp3) is 0.545. The van der Waals surface area contributed by atoms with Crippen LogP contribution in [0.4, 0.5) is 0 Å². The summed E-state index contributed by atoms with van der Waals surface area (Å²) in [4.78, 5) is 16.9. The summed E-state index contributed by atoms with van der Waals surface area (Å²) >= 11 is 3.30. The topological polar surface area (TPSA) is 57.4 Å². The molecule has 0 bridgehead atoms. The van der Waals surface area contributed by atoms with Crippen molar-refractivity contribution in [2.24, 2.45) is 0 Å². The van der Waals surface area contributed by atoms with Crippen molar-refractivity contribution in [2.75, 3.05) is 39.4 Å². The zero-order valence-electron chi connectivity index (χ0n) is 9.54. The van der Waals surface area contributed by atoms with Gasteiger partial charge in [-0.15, -0.1) is 0 Å². The van der Waals surface area contributed by atoms with Gasteiger partial charge in [0, 0.05) is 36.8 Å². The van der Waals surface area contributed by atoms with Crippen LogP contribution in [0.3, 0.4) is 0 Å². The number of H-pyrrole nitrogens is 1. The molecule has 0 radical (unpaired) electrons. The molecule has 0 saturated carbocycles. The van der Waals surface area contributed by atoms with Gasteiger partial charge in [-0.1, -0.05) is 0 Å². The Kier molecular flexibility index (Phi) is 4.58. The van der Waals surface area contributed by atoms with Crippen molar-refractivity contribution in [1.82, 2.24) is 15.2 Å². The molecule has 0 atom stereocenters. The number of rotatable bonds is 4. The lowest BCUT2D eigenvalue weighted by molar-refractivity contribution is 0.0383. The van der Waals surface area contributed by atoms with Crippen LogP contribution in [0.25, 0.3) is 0 Å². The fourth-order valence-corrected chi connectivity index (χ4v) is 2.09. The Hall–Kier alpha value is -0.850. The summed E-state index contributed by atoms with van der Waals surface area (Å²) in [7, 11) is 0. The number of morpholine rings is 1. The van der Waals surface area contributed by atoms with E-state index in [1.807, 2.05) is 0 Å². The zero-order chi connectivity index (χ0) is 12.1. The van der Waals surface area contributed by atoms with E-state index in [2.05, 4.69) is 31.1 Å². The van der Waals surface area contributed by atoms with Gasteiger partial charge in [0.2, 0.25) is 0 Å². The number of amides is 1. The van der Waals surface area contributed by atoms with Gasteiger partial charge < -0.3 is 15.0 Å². The molecule has 2 rings (SSSR count). The van der Waals surface area contributed by atoms with Crippen molar-refractivity contribution < 1.29 is 9.53 Å². The Morgan fingerprint density at radius 1 is 1.53 bits per heavy atom. The predicted octanol–water partition coefficient (Wildman–Crippen LogP) is 0.839. The number of hydrogen-bond acceptors (Lipinski definition) is 3. The van der Waals surface area contributed by atoms with Crippen LogP contribution in [0.2, 0.25) is 0 Å². The summed E-state index contributed by atoms with van der Waals surface area (Å²) in [6.45, 7) is 5.01. The van der Waals surface area contributed by atoms with Gasteiger partial charge in [0.1, 0.15) is 5.69 Å². The minimum atomic E-state index is -0.0658. The van der Waals surface area contributed by atoms with Crippen molar-refractivity contribution >= 4 is 21.8 Å². The van der Waals surface area contributed by atoms with Gasteiger partial charge in [-0.25, -0.2) is 0 Å². The molecule has 1 aliphatic rings. The van der Waals surface area contributed by atoms with Crippen molar-refractivity contribution in [3.05, 3.63) is 22.4 Å². The van der Waals surface area contributed by atoms with E-state index in [0.29, 0.717) is 12.2 Å². The van der Waals surface area contributed by atoms with E-state index in [1.165, 1.54) is 0 Å². The Labute approximate surface area is 109 Å². The molecular formula is C11H16BrN3O2. The average Bonchev–Trinajstić information content (AvgIpc) is 2.77. The number of aromatic nitrogens is 1. The van der Waals surface area contributed by atoms with Crippen LogP contribution >= 0.6 is 15.9 Å². The largest absolute Gasteiger partial charge is 0.379 e. The van der Waals surface area contributed by atoms with Crippen molar-refractivity contribution in [1.29, 1.82) is 0 Å². The van der Waals surface area contributed by atoms with E-state index in [0.717, 1.165) is 37.3 Å². The third kappa shape index (κ3) is 3.83. The molecule has 0 spiro atoms. The molecule has 2 heterocycles. The fourth-order valence-electron chi connectivity index (χ4n) is 1.75. The highest BCUT2D eigenvalue weighted by Crippen LogP contribution is 2.10. The van der Waals surface area contributed by atoms with E-state index >= 15 is 0 Å². The number of carbonyl (C=O) groups excluding carboxylic acids is 1. The summed E-state index contributed by atoms with van der Waals surface area (Å²) in [5, 5.41) is 2.89. The van der Waals surface area contributed by atoms with Crippen LogP contribution in [-0.4, -0.2) is 55.2 Å². The highest BCUT2D eigenvalue weighted by molar-refractivity contribution is 9.10. The van der Waals surface area contributed by atoms with Crippen LogP contribution in [0.5, 0.6) is 0 Å². The standard InChI is InChI=1S/C11H16BrN3O2/c12-9-7-10(14-8-9)11(16)13-1-2-15-3-5-17-6-4-15/h7-8,14H,1-6H2,(H,13,16). The van der Waals surface area contributed by atoms with Crippen LogP contribution in [-0.2, 0) is 4.74 Å². The first-order valence-corrected chi connectivity index (χ1v) is 6.47. The molecule has 1 fully saturated rings. The molecule has 1 aliphatic heterocycles. The van der Waals surface area contributed by atoms with Gasteiger partial charge in [0.25, 0.3) is 5.91 Å². The third-order valence-corrected chi connectivity index (χ3v) is 3.17. The highest BCUT2D eigenvalue weighted by Gasteiger charge is 2.11. The van der Waals surface area contributed by atoms with Crippen molar-refractivity contribution in [3.8, 4) is 0 Å². The van der Waals surface area contributed by atoms with Gasteiger partial charge in [0.05, 0.1) is 13.2 Å². The predicted molar refractivity (Wildman–Crippen MR) is 68.1 cm³/mol. The summed E-state index contributed by atoms with van der Waals surface area (Å²) in [5.74, 6) is -0.0658. The van der Waals surface area contributed by atoms with Gasteiger partial charge in [-0.3, -0.25) is 9.69 Å². The average molecular weight is 302 g/mol. The van der Waals surface area contributed by atoms with Crippen molar-refractivity contribution in [3.63, 3.8) is 0 Å². The number of nitrogens with zero attached hydrogens (tertiary/aromatic N) is 1. The van der Waals surface area contributed by atoms with Crippen LogP contribution < -0.4 is 5.32 Å². The monoisotopic (exact) mass is 301 g/mol. The maximum atomic E-state index is 11.7. The Bertz CT molecular complexity index is 375.